The molecule has 3 rings (SSSR count). The number of carbonyl (C=O) groups is 1. The Kier molecular flexibility index (Phi) is 8.50. The van der Waals surface area contributed by atoms with Crippen molar-refractivity contribution in [1.82, 2.24) is 14.6 Å². The molecule has 1 fully saturated rings. The fourth-order valence-electron chi connectivity index (χ4n) is 3.65. The van der Waals surface area contributed by atoms with E-state index in [4.69, 9.17) is 24.3 Å². The van der Waals surface area contributed by atoms with Gasteiger partial charge in [0.2, 0.25) is 0 Å². The molecule has 4 N–H and O–H groups in total. The zero-order valence-electron chi connectivity index (χ0n) is 19.9. The van der Waals surface area contributed by atoms with Gasteiger partial charge < -0.3 is 24.8 Å². The second-order valence-electron chi connectivity index (χ2n) is 8.22. The van der Waals surface area contributed by atoms with E-state index in [2.05, 4.69) is 10.1 Å². The van der Waals surface area contributed by atoms with Gasteiger partial charge in [-0.15, -0.1) is 0 Å². The lowest BCUT2D eigenvalue weighted by atomic mass is 9.84. The van der Waals surface area contributed by atoms with E-state index >= 15 is 0 Å². The van der Waals surface area contributed by atoms with Gasteiger partial charge in [-0.05, 0) is 31.5 Å². The quantitative estimate of drug-likeness (QED) is 0.301. The first-order valence-corrected chi connectivity index (χ1v) is 12.6. The van der Waals surface area contributed by atoms with Crippen LogP contribution in [-0.2, 0) is 23.4 Å². The molecule has 1 saturated heterocycles. The molecule has 194 valence electrons. The summed E-state index contributed by atoms with van der Waals surface area (Å²) >= 11 is 0. The average molecular weight is 521 g/mol. The maximum absolute atomic E-state index is 13.7. The standard InChI is InChI=1S/C22H28N5O8P/c1-4-15(19(29)32-3)26-36(31,35-14-8-6-5-7-9-14)33-12-16-18(28)22(2,13-23)20(34-16)27-11-10-17(24)25-21(27)30/h5-11,15-16,18,20,28H,4,12H2,1-3H3,(H,26,31)(H2,24,25,30). The number of nitrogens with two attached hydrogens (primary N) is 1. The maximum atomic E-state index is 13.7. The van der Waals surface area contributed by atoms with E-state index in [1.165, 1.54) is 26.3 Å². The molecule has 13 nitrogen and oxygen atoms in total. The third-order valence-electron chi connectivity index (χ3n) is 5.71. The van der Waals surface area contributed by atoms with Gasteiger partial charge in [0.15, 0.2) is 6.23 Å². The predicted octanol–water partition coefficient (Wildman–Crippen LogP) is 1.36. The van der Waals surface area contributed by atoms with Crippen LogP contribution >= 0.6 is 7.75 Å². The molecule has 0 amide bonds. The van der Waals surface area contributed by atoms with E-state index in [0.717, 1.165) is 4.57 Å². The summed E-state index contributed by atoms with van der Waals surface area (Å²) in [5.74, 6) is -0.503. The van der Waals surface area contributed by atoms with Crippen molar-refractivity contribution in [3.05, 3.63) is 53.1 Å². The monoisotopic (exact) mass is 521 g/mol. The number of aromatic nitrogens is 2. The summed E-state index contributed by atoms with van der Waals surface area (Å²) in [6.07, 6.45) is -2.38. The van der Waals surface area contributed by atoms with Gasteiger partial charge >= 0.3 is 19.4 Å². The van der Waals surface area contributed by atoms with Crippen molar-refractivity contribution in [2.24, 2.45) is 5.41 Å². The van der Waals surface area contributed by atoms with Crippen LogP contribution in [0.25, 0.3) is 0 Å². The lowest BCUT2D eigenvalue weighted by Gasteiger charge is -2.26. The molecule has 0 spiro atoms. The van der Waals surface area contributed by atoms with Gasteiger partial charge in [-0.3, -0.25) is 13.9 Å². The van der Waals surface area contributed by atoms with Gasteiger partial charge in [0.1, 0.15) is 35.2 Å². The van der Waals surface area contributed by atoms with Crippen molar-refractivity contribution < 1.29 is 33.0 Å². The van der Waals surface area contributed by atoms with Crippen LogP contribution < -0.4 is 21.0 Å². The summed E-state index contributed by atoms with van der Waals surface area (Å²) < 4.78 is 36.4. The number of carbonyl (C=O) groups excluding carboxylic acids is 1. The number of ether oxygens (including phenoxy) is 2. The Hall–Kier alpha value is -3.27. The van der Waals surface area contributed by atoms with Gasteiger partial charge in [0, 0.05) is 6.20 Å². The third kappa shape index (κ3) is 5.75. The highest BCUT2D eigenvalue weighted by atomic mass is 31.2. The summed E-state index contributed by atoms with van der Waals surface area (Å²) in [4.78, 5) is 28.1. The molecular weight excluding hydrogens is 493 g/mol. The van der Waals surface area contributed by atoms with Gasteiger partial charge in [0.25, 0.3) is 0 Å². The highest BCUT2D eigenvalue weighted by Crippen LogP contribution is 2.49. The zero-order valence-corrected chi connectivity index (χ0v) is 20.8. The normalized spacial score (nSPS) is 25.9. The van der Waals surface area contributed by atoms with Crippen LogP contribution in [0.15, 0.2) is 47.4 Å². The second kappa shape index (κ2) is 11.2. The Labute approximate surface area is 207 Å². The molecule has 0 saturated carbocycles. The van der Waals surface area contributed by atoms with Crippen molar-refractivity contribution in [2.75, 3.05) is 19.5 Å². The predicted molar refractivity (Wildman–Crippen MR) is 126 cm³/mol. The minimum atomic E-state index is -4.24. The van der Waals surface area contributed by atoms with Crippen LogP contribution in [0.5, 0.6) is 5.75 Å². The zero-order chi connectivity index (χ0) is 26.5. The van der Waals surface area contributed by atoms with Crippen LogP contribution in [0.4, 0.5) is 5.82 Å². The third-order valence-corrected chi connectivity index (χ3v) is 7.28. The van der Waals surface area contributed by atoms with Gasteiger partial charge in [0.05, 0.1) is 19.8 Å². The minimum Gasteiger partial charge on any atom is -0.468 e. The molecule has 6 atom stereocenters. The number of nitriles is 1. The summed E-state index contributed by atoms with van der Waals surface area (Å²) in [6.45, 7) is 2.57. The van der Waals surface area contributed by atoms with Gasteiger partial charge in [-0.2, -0.15) is 15.3 Å². The molecular formula is C22H28N5O8P. The second-order valence-corrected chi connectivity index (χ2v) is 9.91. The summed E-state index contributed by atoms with van der Waals surface area (Å²) in [7, 11) is -3.05. The topological polar surface area (TPSA) is 188 Å². The molecule has 1 aliphatic rings. The smallest absolute Gasteiger partial charge is 0.459 e. The molecule has 36 heavy (non-hydrogen) atoms. The maximum Gasteiger partial charge on any atom is 0.459 e. The summed E-state index contributed by atoms with van der Waals surface area (Å²) in [6, 6.07) is 10.4. The number of hydrogen-bond donors (Lipinski definition) is 3. The Morgan fingerprint density at radius 1 is 1.42 bits per heavy atom. The molecule has 1 aliphatic heterocycles. The van der Waals surface area contributed by atoms with Crippen LogP contribution in [-0.4, -0.2) is 52.6 Å². The lowest BCUT2D eigenvalue weighted by molar-refractivity contribution is -0.142. The Balaban J connectivity index is 1.86. The van der Waals surface area contributed by atoms with Crippen molar-refractivity contribution in [2.45, 2.75) is 44.7 Å². The summed E-state index contributed by atoms with van der Waals surface area (Å²) in [5, 5.41) is 23.3. The van der Waals surface area contributed by atoms with E-state index < -0.39 is 55.9 Å². The molecule has 14 heteroatoms. The highest BCUT2D eigenvalue weighted by Gasteiger charge is 2.55. The number of nitrogens with one attached hydrogen (secondary N) is 1. The first kappa shape index (κ1) is 27.3. The van der Waals surface area contributed by atoms with Crippen LogP contribution in [0.3, 0.4) is 0 Å². The van der Waals surface area contributed by atoms with E-state index in [1.807, 2.05) is 6.07 Å². The van der Waals surface area contributed by atoms with Gasteiger partial charge in [-0.1, -0.05) is 25.1 Å². The van der Waals surface area contributed by atoms with E-state index in [9.17, 15) is 24.5 Å². The fourth-order valence-corrected chi connectivity index (χ4v) is 5.24. The molecule has 6 unspecified atom stereocenters. The number of aliphatic hydroxyl groups excluding tert-OH is 1. The lowest BCUT2D eigenvalue weighted by Crippen LogP contribution is -2.40. The van der Waals surface area contributed by atoms with Crippen LogP contribution in [0.2, 0.25) is 0 Å². The first-order chi connectivity index (χ1) is 17.1. The number of esters is 1. The number of nitrogens with zero attached hydrogens (tertiary/aromatic N) is 3. The number of hydrogen-bond acceptors (Lipinski definition) is 11. The molecule has 1 aromatic heterocycles. The summed E-state index contributed by atoms with van der Waals surface area (Å²) in [5.41, 5.74) is 3.17. The minimum absolute atomic E-state index is 0.0190. The Morgan fingerprint density at radius 3 is 2.69 bits per heavy atom. The number of para-hydroxylation sites is 1. The van der Waals surface area contributed by atoms with E-state index in [1.54, 1.807) is 37.3 Å². The van der Waals surface area contributed by atoms with Crippen molar-refractivity contribution in [1.29, 1.82) is 5.26 Å². The number of anilines is 1. The number of methoxy groups -OCH3 is 1. The highest BCUT2D eigenvalue weighted by molar-refractivity contribution is 7.52. The Morgan fingerprint density at radius 2 is 2.11 bits per heavy atom. The van der Waals surface area contributed by atoms with E-state index in [0.29, 0.717) is 0 Å². The van der Waals surface area contributed by atoms with Crippen LogP contribution in [0, 0.1) is 16.7 Å². The largest absolute Gasteiger partial charge is 0.468 e. The molecule has 2 aromatic rings. The average Bonchev–Trinajstić information content (AvgIpc) is 3.12. The van der Waals surface area contributed by atoms with Gasteiger partial charge in [-0.25, -0.2) is 9.36 Å². The van der Waals surface area contributed by atoms with Crippen molar-refractivity contribution in [3.63, 3.8) is 0 Å². The number of benzene rings is 1. The molecule has 0 bridgehead atoms. The Bertz CT molecular complexity index is 1220. The van der Waals surface area contributed by atoms with Crippen molar-refractivity contribution >= 4 is 19.5 Å². The molecule has 1 aromatic carbocycles. The molecule has 0 aliphatic carbocycles. The number of nitrogen functional groups attached to an aromatic ring is 1. The molecule has 2 heterocycles. The SMILES string of the molecule is CCC(NP(=O)(OCC1OC(n2ccc(N)nc2=O)C(C)(C#N)C1O)Oc1ccccc1)C(=O)OC. The number of rotatable bonds is 10. The van der Waals surface area contributed by atoms with Crippen LogP contribution in [0.1, 0.15) is 26.5 Å². The fraction of sp³-hybridized carbons (Fsp3) is 0.455. The van der Waals surface area contributed by atoms with E-state index in [-0.39, 0.29) is 18.0 Å². The first-order valence-electron chi connectivity index (χ1n) is 11.0. The number of aliphatic hydroxyl groups is 1. The van der Waals surface area contributed by atoms with Crippen molar-refractivity contribution in [3.8, 4) is 11.8 Å². The molecule has 0 radical (unpaired) electrons.